The lowest BCUT2D eigenvalue weighted by Gasteiger charge is -2.38. The van der Waals surface area contributed by atoms with Crippen LogP contribution in [0.5, 0.6) is 0 Å². The summed E-state index contributed by atoms with van der Waals surface area (Å²) in [6.07, 6.45) is -0.449. The van der Waals surface area contributed by atoms with E-state index in [2.05, 4.69) is 5.32 Å². The molecule has 1 aliphatic rings. The van der Waals surface area contributed by atoms with E-state index in [0.29, 0.717) is 0 Å². The van der Waals surface area contributed by atoms with Crippen molar-refractivity contribution < 1.29 is 24.2 Å². The average molecular weight is 256 g/mol. The van der Waals surface area contributed by atoms with Crippen molar-refractivity contribution in [3.63, 3.8) is 0 Å². The molecule has 1 fully saturated rings. The van der Waals surface area contributed by atoms with E-state index in [9.17, 15) is 19.5 Å². The Kier molecular flexibility index (Phi) is 3.98. The minimum Gasteiger partial charge on any atom is -0.548 e. The molecule has 102 valence electrons. The fraction of sp³-hybridized carbons (Fsp3) is 0.750. The summed E-state index contributed by atoms with van der Waals surface area (Å²) in [6, 6.07) is 0. The van der Waals surface area contributed by atoms with E-state index >= 15 is 0 Å². The van der Waals surface area contributed by atoms with Crippen LogP contribution in [0.3, 0.4) is 0 Å². The Hall–Kier alpha value is -1.59. The maximum absolute atomic E-state index is 11.6. The van der Waals surface area contributed by atoms with Crippen LogP contribution < -0.4 is 10.4 Å². The lowest BCUT2D eigenvalue weighted by molar-refractivity contribution is -0.315. The molecule has 0 aromatic rings. The van der Waals surface area contributed by atoms with Crippen LogP contribution in [-0.4, -0.2) is 29.0 Å². The van der Waals surface area contributed by atoms with E-state index in [-0.39, 0.29) is 31.5 Å². The van der Waals surface area contributed by atoms with E-state index in [1.165, 1.54) is 0 Å². The van der Waals surface area contributed by atoms with Crippen molar-refractivity contribution in [1.29, 1.82) is 0 Å². The Balaban J connectivity index is 2.72. The Bertz CT molecular complexity index is 359. The van der Waals surface area contributed by atoms with Gasteiger partial charge in [-0.15, -0.1) is 0 Å². The number of amides is 1. The van der Waals surface area contributed by atoms with Gasteiger partial charge < -0.3 is 20.0 Å². The number of carbonyl (C=O) groups excluding carboxylic acids is 3. The van der Waals surface area contributed by atoms with Gasteiger partial charge in [-0.25, -0.2) is 4.79 Å². The first-order chi connectivity index (χ1) is 8.15. The van der Waals surface area contributed by atoms with Crippen molar-refractivity contribution in [1.82, 2.24) is 5.32 Å². The van der Waals surface area contributed by atoms with Crippen LogP contribution in [0.15, 0.2) is 0 Å². The van der Waals surface area contributed by atoms with Crippen molar-refractivity contribution in [3.05, 3.63) is 0 Å². The first-order valence-electron chi connectivity index (χ1n) is 5.89. The first kappa shape index (κ1) is 14.5. The van der Waals surface area contributed by atoms with Crippen LogP contribution in [0.2, 0.25) is 0 Å². The number of carboxylic acids is 1. The normalized spacial score (nSPS) is 19.2. The molecule has 6 heteroatoms. The van der Waals surface area contributed by atoms with Crippen molar-refractivity contribution in [3.8, 4) is 0 Å². The molecule has 0 heterocycles. The second-order valence-corrected chi connectivity index (χ2v) is 5.54. The molecule has 0 saturated heterocycles. The second kappa shape index (κ2) is 4.96. The van der Waals surface area contributed by atoms with Crippen LogP contribution in [0, 0.1) is 0 Å². The molecule has 6 nitrogen and oxygen atoms in total. The molecule has 1 aliphatic carbocycles. The topological polar surface area (TPSA) is 95.5 Å². The zero-order valence-electron chi connectivity index (χ0n) is 10.9. The van der Waals surface area contributed by atoms with Crippen LogP contribution in [-0.2, 0) is 14.3 Å². The molecule has 0 aliphatic heterocycles. The number of hydrogen-bond donors (Lipinski definition) is 1. The summed E-state index contributed by atoms with van der Waals surface area (Å²) in [6.45, 7) is 5.05. The fourth-order valence-corrected chi connectivity index (χ4v) is 1.83. The molecule has 0 bridgehead atoms. The van der Waals surface area contributed by atoms with E-state index in [4.69, 9.17) is 4.74 Å². The Morgan fingerprint density at radius 1 is 1.28 bits per heavy atom. The summed E-state index contributed by atoms with van der Waals surface area (Å²) < 4.78 is 5.02. The largest absolute Gasteiger partial charge is 0.548 e. The number of alkyl carbamates (subject to hydrolysis) is 1. The third kappa shape index (κ3) is 3.72. The highest BCUT2D eigenvalue weighted by Gasteiger charge is 2.38. The molecular weight excluding hydrogens is 238 g/mol. The van der Waals surface area contributed by atoms with Gasteiger partial charge in [0.1, 0.15) is 11.4 Å². The molecule has 1 saturated carbocycles. The SMILES string of the molecule is CC(C)(C)OC(=O)NC1(C(=O)[O-])CCC(=O)CC1. The number of rotatable bonds is 2. The van der Waals surface area contributed by atoms with E-state index in [1.54, 1.807) is 20.8 Å². The number of carbonyl (C=O) groups is 3. The number of ketones is 1. The predicted molar refractivity (Wildman–Crippen MR) is 60.6 cm³/mol. The molecule has 0 aromatic carbocycles. The maximum atomic E-state index is 11.6. The van der Waals surface area contributed by atoms with Crippen LogP contribution in [0.4, 0.5) is 4.79 Å². The molecule has 1 rings (SSSR count). The van der Waals surface area contributed by atoms with Gasteiger partial charge in [-0.3, -0.25) is 4.79 Å². The highest BCUT2D eigenvalue weighted by molar-refractivity contribution is 5.88. The third-order valence-electron chi connectivity index (χ3n) is 2.79. The van der Waals surface area contributed by atoms with Gasteiger partial charge in [0, 0.05) is 12.8 Å². The van der Waals surface area contributed by atoms with Crippen molar-refractivity contribution >= 4 is 17.8 Å². The fourth-order valence-electron chi connectivity index (χ4n) is 1.83. The average Bonchev–Trinajstić information content (AvgIpc) is 2.18. The number of Topliss-reactive ketones (excluding diaryl/α,β-unsaturated/α-hetero) is 1. The second-order valence-electron chi connectivity index (χ2n) is 5.54. The zero-order valence-corrected chi connectivity index (χ0v) is 10.9. The lowest BCUT2D eigenvalue weighted by Crippen LogP contribution is -2.62. The van der Waals surface area contributed by atoms with Gasteiger partial charge in [0.15, 0.2) is 0 Å². The van der Waals surface area contributed by atoms with Crippen molar-refractivity contribution in [2.45, 2.75) is 57.6 Å². The minimum absolute atomic E-state index is 0.00198. The van der Waals surface area contributed by atoms with Gasteiger partial charge in [0.05, 0.1) is 11.5 Å². The molecule has 0 atom stereocenters. The zero-order chi connectivity index (χ0) is 14.0. The summed E-state index contributed by atoms with van der Waals surface area (Å²) in [4.78, 5) is 33.9. The number of hydrogen-bond acceptors (Lipinski definition) is 5. The van der Waals surface area contributed by atoms with Crippen LogP contribution in [0.25, 0.3) is 0 Å². The van der Waals surface area contributed by atoms with Crippen molar-refractivity contribution in [2.75, 3.05) is 0 Å². The molecule has 1 amide bonds. The predicted octanol–water partition coefficient (Wildman–Crippen LogP) is 0.143. The summed E-state index contributed by atoms with van der Waals surface area (Å²) >= 11 is 0. The molecule has 18 heavy (non-hydrogen) atoms. The van der Waals surface area contributed by atoms with Crippen molar-refractivity contribution in [2.24, 2.45) is 0 Å². The van der Waals surface area contributed by atoms with Gasteiger partial charge >= 0.3 is 6.09 Å². The Morgan fingerprint density at radius 3 is 2.17 bits per heavy atom. The smallest absolute Gasteiger partial charge is 0.408 e. The lowest BCUT2D eigenvalue weighted by atomic mass is 9.81. The molecule has 0 radical (unpaired) electrons. The summed E-state index contributed by atoms with van der Waals surface area (Å²) in [5, 5.41) is 13.5. The minimum atomic E-state index is -1.49. The van der Waals surface area contributed by atoms with Gasteiger partial charge in [-0.2, -0.15) is 0 Å². The number of aliphatic carboxylic acids is 1. The molecule has 0 unspecified atom stereocenters. The highest BCUT2D eigenvalue weighted by Crippen LogP contribution is 2.26. The summed E-state index contributed by atoms with van der Waals surface area (Å²) in [7, 11) is 0. The summed E-state index contributed by atoms with van der Waals surface area (Å²) in [5.74, 6) is -1.38. The molecular formula is C12H18NO5-. The third-order valence-corrected chi connectivity index (χ3v) is 2.79. The summed E-state index contributed by atoms with van der Waals surface area (Å²) in [5.41, 5.74) is -2.20. The molecule has 0 aromatic heterocycles. The Morgan fingerprint density at radius 2 is 1.78 bits per heavy atom. The van der Waals surface area contributed by atoms with Gasteiger partial charge in [0.25, 0.3) is 0 Å². The first-order valence-corrected chi connectivity index (χ1v) is 5.89. The number of nitrogens with one attached hydrogen (secondary N) is 1. The molecule has 0 spiro atoms. The van der Waals surface area contributed by atoms with E-state index in [0.717, 1.165) is 0 Å². The monoisotopic (exact) mass is 256 g/mol. The molecule has 1 N–H and O–H groups in total. The van der Waals surface area contributed by atoms with Gasteiger partial charge in [-0.1, -0.05) is 0 Å². The maximum Gasteiger partial charge on any atom is 0.408 e. The number of carboxylic acid groups (broad SMARTS) is 1. The standard InChI is InChI=1S/C12H19NO5/c1-11(2,3)18-10(17)13-12(9(15)16)6-4-8(14)5-7-12/h4-7H2,1-3H3,(H,13,17)(H,15,16)/p-1. The van der Waals surface area contributed by atoms with Crippen LogP contribution in [0.1, 0.15) is 46.5 Å². The van der Waals surface area contributed by atoms with E-state index < -0.39 is 23.2 Å². The van der Waals surface area contributed by atoms with Gasteiger partial charge in [0.2, 0.25) is 0 Å². The Labute approximate surface area is 106 Å². The van der Waals surface area contributed by atoms with E-state index in [1.807, 2.05) is 0 Å². The highest BCUT2D eigenvalue weighted by atomic mass is 16.6. The number of ether oxygens (including phenoxy) is 1. The van der Waals surface area contributed by atoms with Gasteiger partial charge in [-0.05, 0) is 33.6 Å². The quantitative estimate of drug-likeness (QED) is 0.758. The van der Waals surface area contributed by atoms with Crippen LogP contribution >= 0.6 is 0 Å².